The molecule has 0 radical (unpaired) electrons. The van der Waals surface area contributed by atoms with Gasteiger partial charge in [-0.3, -0.25) is 4.79 Å². The topological polar surface area (TPSA) is 69.5 Å². The van der Waals surface area contributed by atoms with Gasteiger partial charge < -0.3 is 14.4 Å². The highest BCUT2D eigenvalue weighted by molar-refractivity contribution is 5.80. The first-order valence-electron chi connectivity index (χ1n) is 9.13. The fraction of sp³-hybridized carbons (Fsp3) is 0.286. The minimum absolute atomic E-state index is 0.0787. The Hall–Kier alpha value is -3.35. The number of carbonyl (C=O) groups is 1. The fourth-order valence-electron chi connectivity index (χ4n) is 3.28. The SMILES string of the molecule is COc1cc(CC(=O)N2CC(n3cc(-c4ccccc4)nn3)C2)cc(OC)c1. The van der Waals surface area contributed by atoms with E-state index in [0.29, 0.717) is 31.0 Å². The van der Waals surface area contributed by atoms with Gasteiger partial charge in [-0.05, 0) is 17.7 Å². The van der Waals surface area contributed by atoms with E-state index >= 15 is 0 Å². The van der Waals surface area contributed by atoms with Crippen LogP contribution in [0, 0.1) is 0 Å². The van der Waals surface area contributed by atoms with Crippen LogP contribution in [0.2, 0.25) is 0 Å². The van der Waals surface area contributed by atoms with Crippen LogP contribution in [-0.2, 0) is 11.2 Å². The third kappa shape index (κ3) is 3.69. The second-order valence-corrected chi connectivity index (χ2v) is 6.80. The lowest BCUT2D eigenvalue weighted by molar-refractivity contribution is -0.136. The number of methoxy groups -OCH3 is 2. The van der Waals surface area contributed by atoms with E-state index in [1.807, 2.05) is 58.2 Å². The summed E-state index contributed by atoms with van der Waals surface area (Å²) in [5.41, 5.74) is 2.75. The number of nitrogens with zero attached hydrogens (tertiary/aromatic N) is 4. The van der Waals surface area contributed by atoms with E-state index in [1.54, 1.807) is 20.3 Å². The van der Waals surface area contributed by atoms with Crippen LogP contribution in [0.25, 0.3) is 11.3 Å². The quantitative estimate of drug-likeness (QED) is 0.659. The smallest absolute Gasteiger partial charge is 0.227 e. The number of amides is 1. The molecule has 1 saturated heterocycles. The number of aromatic nitrogens is 3. The van der Waals surface area contributed by atoms with Gasteiger partial charge in [-0.1, -0.05) is 35.5 Å². The molecule has 7 nitrogen and oxygen atoms in total. The van der Waals surface area contributed by atoms with Crippen LogP contribution in [0.5, 0.6) is 11.5 Å². The summed E-state index contributed by atoms with van der Waals surface area (Å²) in [6.45, 7) is 1.27. The average Bonchev–Trinajstić information content (AvgIpc) is 3.16. The first-order valence-corrected chi connectivity index (χ1v) is 9.13. The summed E-state index contributed by atoms with van der Waals surface area (Å²) in [4.78, 5) is 14.4. The number of hydrogen-bond donors (Lipinski definition) is 0. The third-order valence-electron chi connectivity index (χ3n) is 4.94. The van der Waals surface area contributed by atoms with Crippen molar-refractivity contribution in [1.82, 2.24) is 19.9 Å². The fourth-order valence-corrected chi connectivity index (χ4v) is 3.28. The van der Waals surface area contributed by atoms with E-state index < -0.39 is 0 Å². The van der Waals surface area contributed by atoms with Gasteiger partial charge in [-0.2, -0.15) is 0 Å². The molecule has 1 aliphatic heterocycles. The highest BCUT2D eigenvalue weighted by Gasteiger charge is 2.32. The van der Waals surface area contributed by atoms with E-state index in [2.05, 4.69) is 10.3 Å². The Bertz CT molecular complexity index is 943. The van der Waals surface area contributed by atoms with Crippen molar-refractivity contribution >= 4 is 5.91 Å². The first-order chi connectivity index (χ1) is 13.7. The third-order valence-corrected chi connectivity index (χ3v) is 4.94. The highest BCUT2D eigenvalue weighted by atomic mass is 16.5. The van der Waals surface area contributed by atoms with Gasteiger partial charge in [-0.25, -0.2) is 4.68 Å². The molecule has 0 spiro atoms. The van der Waals surface area contributed by atoms with Crippen LogP contribution in [0.1, 0.15) is 11.6 Å². The molecular formula is C21H22N4O3. The summed E-state index contributed by atoms with van der Waals surface area (Å²) in [7, 11) is 3.20. The van der Waals surface area contributed by atoms with Crippen molar-refractivity contribution < 1.29 is 14.3 Å². The van der Waals surface area contributed by atoms with Gasteiger partial charge in [0, 0.05) is 24.7 Å². The molecule has 28 heavy (non-hydrogen) atoms. The van der Waals surface area contributed by atoms with Crippen molar-refractivity contribution in [3.05, 3.63) is 60.3 Å². The standard InChI is InChI=1S/C21H22N4O3/c1-27-18-8-15(9-19(11-18)28-2)10-21(26)24-12-17(13-24)25-14-20(22-23-25)16-6-4-3-5-7-16/h3-9,11,14,17H,10,12-13H2,1-2H3. The Labute approximate surface area is 163 Å². The van der Waals surface area contributed by atoms with Crippen molar-refractivity contribution in [1.29, 1.82) is 0 Å². The molecule has 1 aromatic heterocycles. The molecule has 7 heteroatoms. The molecule has 4 rings (SSSR count). The zero-order valence-corrected chi connectivity index (χ0v) is 15.9. The summed E-state index contributed by atoms with van der Waals surface area (Å²) in [5, 5.41) is 8.48. The van der Waals surface area contributed by atoms with E-state index in [1.165, 1.54) is 0 Å². The lowest BCUT2D eigenvalue weighted by atomic mass is 10.1. The highest BCUT2D eigenvalue weighted by Crippen LogP contribution is 2.26. The van der Waals surface area contributed by atoms with E-state index in [4.69, 9.17) is 9.47 Å². The van der Waals surface area contributed by atoms with Gasteiger partial charge in [0.2, 0.25) is 5.91 Å². The van der Waals surface area contributed by atoms with Crippen molar-refractivity contribution in [2.45, 2.75) is 12.5 Å². The summed E-state index contributed by atoms with van der Waals surface area (Å²) in [6.07, 6.45) is 2.25. The summed E-state index contributed by atoms with van der Waals surface area (Å²) >= 11 is 0. The average molecular weight is 378 g/mol. The maximum absolute atomic E-state index is 12.6. The van der Waals surface area contributed by atoms with Crippen molar-refractivity contribution in [3.63, 3.8) is 0 Å². The van der Waals surface area contributed by atoms with Crippen LogP contribution in [0.4, 0.5) is 0 Å². The zero-order valence-electron chi connectivity index (χ0n) is 15.9. The molecule has 1 fully saturated rings. The Morgan fingerprint density at radius 3 is 2.39 bits per heavy atom. The van der Waals surface area contributed by atoms with Crippen LogP contribution in [0.3, 0.4) is 0 Å². The number of ether oxygens (including phenoxy) is 2. The van der Waals surface area contributed by atoms with Crippen molar-refractivity contribution in [2.75, 3.05) is 27.3 Å². The van der Waals surface area contributed by atoms with Gasteiger partial charge in [0.1, 0.15) is 17.2 Å². The predicted molar refractivity (Wildman–Crippen MR) is 104 cm³/mol. The Morgan fingerprint density at radius 2 is 1.75 bits per heavy atom. The van der Waals surface area contributed by atoms with Crippen molar-refractivity contribution in [2.24, 2.45) is 0 Å². The Balaban J connectivity index is 1.36. The summed E-state index contributed by atoms with van der Waals surface area (Å²) < 4.78 is 12.4. The molecule has 2 heterocycles. The van der Waals surface area contributed by atoms with Crippen LogP contribution >= 0.6 is 0 Å². The van der Waals surface area contributed by atoms with Gasteiger partial charge in [0.25, 0.3) is 0 Å². The molecule has 0 saturated carbocycles. The lowest BCUT2D eigenvalue weighted by Gasteiger charge is -2.39. The largest absolute Gasteiger partial charge is 0.497 e. The van der Waals surface area contributed by atoms with E-state index in [9.17, 15) is 4.79 Å². The molecule has 144 valence electrons. The number of carbonyl (C=O) groups excluding carboxylic acids is 1. The zero-order chi connectivity index (χ0) is 19.5. The minimum atomic E-state index is 0.0787. The normalized spacial score (nSPS) is 13.9. The molecule has 0 unspecified atom stereocenters. The monoisotopic (exact) mass is 378 g/mol. The Morgan fingerprint density at radius 1 is 1.07 bits per heavy atom. The van der Waals surface area contributed by atoms with Gasteiger partial charge in [0.15, 0.2) is 0 Å². The number of hydrogen-bond acceptors (Lipinski definition) is 5. The molecule has 1 amide bonds. The minimum Gasteiger partial charge on any atom is -0.497 e. The van der Waals surface area contributed by atoms with Crippen LogP contribution < -0.4 is 9.47 Å². The molecule has 0 bridgehead atoms. The van der Waals surface area contributed by atoms with Crippen LogP contribution in [-0.4, -0.2) is 53.1 Å². The number of benzene rings is 2. The van der Waals surface area contributed by atoms with Crippen molar-refractivity contribution in [3.8, 4) is 22.8 Å². The second kappa shape index (κ2) is 7.72. The van der Waals surface area contributed by atoms with E-state index in [-0.39, 0.29) is 11.9 Å². The summed E-state index contributed by atoms with van der Waals surface area (Å²) in [5.74, 6) is 1.44. The molecule has 0 atom stereocenters. The molecule has 0 aliphatic carbocycles. The number of rotatable bonds is 6. The Kier molecular flexibility index (Phi) is 4.97. The molecular weight excluding hydrogens is 356 g/mol. The maximum Gasteiger partial charge on any atom is 0.227 e. The first kappa shape index (κ1) is 18.0. The van der Waals surface area contributed by atoms with Gasteiger partial charge in [-0.15, -0.1) is 5.10 Å². The lowest BCUT2D eigenvalue weighted by Crippen LogP contribution is -2.51. The molecule has 1 aliphatic rings. The second-order valence-electron chi connectivity index (χ2n) is 6.80. The van der Waals surface area contributed by atoms with Crippen LogP contribution in [0.15, 0.2) is 54.7 Å². The maximum atomic E-state index is 12.6. The van der Waals surface area contributed by atoms with E-state index in [0.717, 1.165) is 16.8 Å². The predicted octanol–water partition coefficient (Wildman–Crippen LogP) is 2.59. The van der Waals surface area contributed by atoms with Gasteiger partial charge in [0.05, 0.1) is 32.9 Å². The molecule has 3 aromatic rings. The number of likely N-dealkylation sites (tertiary alicyclic amines) is 1. The molecule has 2 aromatic carbocycles. The molecule has 0 N–H and O–H groups in total. The van der Waals surface area contributed by atoms with Gasteiger partial charge >= 0.3 is 0 Å². The summed E-state index contributed by atoms with van der Waals surface area (Å²) in [6, 6.07) is 15.6.